The van der Waals surface area contributed by atoms with Crippen LogP contribution in [0.3, 0.4) is 0 Å². The highest BCUT2D eigenvalue weighted by Gasteiger charge is 2.47. The molecule has 3 nitrogen and oxygen atoms in total. The Labute approximate surface area is 112 Å². The van der Waals surface area contributed by atoms with Crippen molar-refractivity contribution >= 4 is 0 Å². The molecule has 3 heteroatoms. The fourth-order valence-electron chi connectivity index (χ4n) is 2.83. The zero-order valence-electron chi connectivity index (χ0n) is 12.3. The molecule has 2 aliphatic carbocycles. The molecule has 0 bridgehead atoms. The van der Waals surface area contributed by atoms with E-state index in [-0.39, 0.29) is 5.54 Å². The van der Waals surface area contributed by atoms with Gasteiger partial charge in [-0.15, -0.1) is 0 Å². The van der Waals surface area contributed by atoms with E-state index in [9.17, 15) is 5.11 Å². The topological polar surface area (TPSA) is 35.5 Å². The van der Waals surface area contributed by atoms with Crippen molar-refractivity contribution in [2.24, 2.45) is 11.8 Å². The molecule has 2 rings (SSSR count). The van der Waals surface area contributed by atoms with E-state index in [2.05, 4.69) is 31.1 Å². The zero-order chi connectivity index (χ0) is 13.2. The van der Waals surface area contributed by atoms with Crippen LogP contribution in [-0.2, 0) is 0 Å². The first-order valence-electron chi connectivity index (χ1n) is 7.63. The highest BCUT2D eigenvalue weighted by Crippen LogP contribution is 2.41. The Balaban J connectivity index is 1.86. The number of nitrogens with zero attached hydrogens (tertiary/aromatic N) is 1. The lowest BCUT2D eigenvalue weighted by atomic mass is 9.92. The van der Waals surface area contributed by atoms with Crippen molar-refractivity contribution in [2.75, 3.05) is 26.7 Å². The van der Waals surface area contributed by atoms with Gasteiger partial charge in [0.05, 0.1) is 12.1 Å². The fourth-order valence-corrected chi connectivity index (χ4v) is 2.83. The molecule has 0 spiro atoms. The molecule has 2 N–H and O–H groups in total. The van der Waals surface area contributed by atoms with E-state index in [1.54, 1.807) is 0 Å². The van der Waals surface area contributed by atoms with Crippen LogP contribution in [-0.4, -0.2) is 48.3 Å². The van der Waals surface area contributed by atoms with E-state index in [0.717, 1.165) is 19.0 Å². The van der Waals surface area contributed by atoms with Gasteiger partial charge in [0.15, 0.2) is 0 Å². The first kappa shape index (κ1) is 14.3. The molecule has 0 aromatic heterocycles. The second-order valence-electron chi connectivity index (χ2n) is 6.93. The number of hydrogen-bond donors (Lipinski definition) is 2. The number of aliphatic hydroxyl groups is 1. The van der Waals surface area contributed by atoms with E-state index in [4.69, 9.17) is 0 Å². The fraction of sp³-hybridized carbons (Fsp3) is 1.00. The molecule has 0 amide bonds. The lowest BCUT2D eigenvalue weighted by Crippen LogP contribution is -2.58. The van der Waals surface area contributed by atoms with Crippen molar-refractivity contribution in [3.63, 3.8) is 0 Å². The highest BCUT2D eigenvalue weighted by molar-refractivity contribution is 5.05. The average Bonchev–Trinajstić information content (AvgIpc) is 3.15. The molecule has 18 heavy (non-hydrogen) atoms. The predicted molar refractivity (Wildman–Crippen MR) is 75.7 cm³/mol. The summed E-state index contributed by atoms with van der Waals surface area (Å²) in [5, 5.41) is 13.6. The van der Waals surface area contributed by atoms with Crippen molar-refractivity contribution in [2.45, 2.75) is 57.5 Å². The van der Waals surface area contributed by atoms with E-state index in [1.165, 1.54) is 32.1 Å². The smallest absolute Gasteiger partial charge is 0.0628 e. The summed E-state index contributed by atoms with van der Waals surface area (Å²) >= 11 is 0. The van der Waals surface area contributed by atoms with Crippen LogP contribution in [0.4, 0.5) is 0 Å². The van der Waals surface area contributed by atoms with Crippen LogP contribution in [0.5, 0.6) is 0 Å². The number of aliphatic hydroxyl groups excluding tert-OH is 1. The second-order valence-corrected chi connectivity index (χ2v) is 6.93. The van der Waals surface area contributed by atoms with Crippen molar-refractivity contribution in [1.29, 1.82) is 0 Å². The Morgan fingerprint density at radius 3 is 2.39 bits per heavy atom. The van der Waals surface area contributed by atoms with E-state index < -0.39 is 0 Å². The molecule has 0 aromatic rings. The lowest BCUT2D eigenvalue weighted by Gasteiger charge is -2.37. The molecule has 0 aromatic carbocycles. The van der Waals surface area contributed by atoms with Gasteiger partial charge in [0.2, 0.25) is 0 Å². The van der Waals surface area contributed by atoms with Crippen molar-refractivity contribution < 1.29 is 5.11 Å². The van der Waals surface area contributed by atoms with Crippen LogP contribution >= 0.6 is 0 Å². The van der Waals surface area contributed by atoms with Gasteiger partial charge in [0.25, 0.3) is 0 Å². The molecule has 106 valence electrons. The van der Waals surface area contributed by atoms with Gasteiger partial charge in [-0.3, -0.25) is 0 Å². The zero-order valence-corrected chi connectivity index (χ0v) is 12.3. The standard InChI is InChI=1S/C15H30N2O/c1-12(2)8-9-17(3)10-15(11-18,13-4-5-13)16-14-6-7-14/h12-14,16,18H,4-11H2,1-3H3. The maximum Gasteiger partial charge on any atom is 0.0628 e. The van der Waals surface area contributed by atoms with Crippen molar-refractivity contribution in [1.82, 2.24) is 10.2 Å². The summed E-state index contributed by atoms with van der Waals surface area (Å²) in [6.45, 7) is 6.98. The van der Waals surface area contributed by atoms with E-state index in [0.29, 0.717) is 18.6 Å². The molecule has 0 radical (unpaired) electrons. The second kappa shape index (κ2) is 5.89. The molecule has 0 aliphatic heterocycles. The minimum Gasteiger partial charge on any atom is -0.394 e. The van der Waals surface area contributed by atoms with Gasteiger partial charge < -0.3 is 15.3 Å². The molecule has 2 saturated carbocycles. The first-order valence-corrected chi connectivity index (χ1v) is 7.63. The Kier molecular flexibility index (Phi) is 4.68. The maximum atomic E-state index is 9.90. The van der Waals surface area contributed by atoms with Crippen molar-refractivity contribution in [3.05, 3.63) is 0 Å². The summed E-state index contributed by atoms with van der Waals surface area (Å²) in [6, 6.07) is 0.677. The first-order chi connectivity index (χ1) is 8.55. The monoisotopic (exact) mass is 254 g/mol. The molecule has 1 unspecified atom stereocenters. The third kappa shape index (κ3) is 3.94. The SMILES string of the molecule is CC(C)CCN(C)CC(CO)(NC1CC1)C1CC1. The van der Waals surface area contributed by atoms with Gasteiger partial charge in [0.1, 0.15) is 0 Å². The molecule has 0 heterocycles. The van der Waals surface area contributed by atoms with E-state index >= 15 is 0 Å². The Bertz CT molecular complexity index is 261. The third-order valence-corrected chi connectivity index (χ3v) is 4.35. The van der Waals surface area contributed by atoms with Gasteiger partial charge >= 0.3 is 0 Å². The van der Waals surface area contributed by atoms with Gasteiger partial charge in [0, 0.05) is 12.6 Å². The Morgan fingerprint density at radius 2 is 1.94 bits per heavy atom. The van der Waals surface area contributed by atoms with Crippen LogP contribution in [0.15, 0.2) is 0 Å². The maximum absolute atomic E-state index is 9.90. The molecule has 2 aliphatic rings. The summed E-state index contributed by atoms with van der Waals surface area (Å²) in [6.07, 6.45) is 6.41. The molecule has 2 fully saturated rings. The van der Waals surface area contributed by atoms with Crippen LogP contribution in [0.1, 0.15) is 46.0 Å². The highest BCUT2D eigenvalue weighted by atomic mass is 16.3. The van der Waals surface area contributed by atoms with Crippen molar-refractivity contribution in [3.8, 4) is 0 Å². The Morgan fingerprint density at radius 1 is 1.28 bits per heavy atom. The van der Waals surface area contributed by atoms with Crippen LogP contribution in [0, 0.1) is 11.8 Å². The summed E-state index contributed by atoms with van der Waals surface area (Å²) in [5.74, 6) is 1.46. The van der Waals surface area contributed by atoms with Gasteiger partial charge in [-0.2, -0.15) is 0 Å². The van der Waals surface area contributed by atoms with Crippen LogP contribution < -0.4 is 5.32 Å². The quantitative estimate of drug-likeness (QED) is 0.659. The summed E-state index contributed by atoms with van der Waals surface area (Å²) in [4.78, 5) is 2.41. The number of rotatable bonds is 9. The van der Waals surface area contributed by atoms with Crippen LogP contribution in [0.2, 0.25) is 0 Å². The van der Waals surface area contributed by atoms with E-state index in [1.807, 2.05) is 0 Å². The van der Waals surface area contributed by atoms with Crippen LogP contribution in [0.25, 0.3) is 0 Å². The normalized spacial score (nSPS) is 23.7. The summed E-state index contributed by atoms with van der Waals surface area (Å²) < 4.78 is 0. The molecular weight excluding hydrogens is 224 g/mol. The number of nitrogens with one attached hydrogen (secondary N) is 1. The summed E-state index contributed by atoms with van der Waals surface area (Å²) in [5.41, 5.74) is -0.0209. The minimum atomic E-state index is -0.0209. The number of hydrogen-bond acceptors (Lipinski definition) is 3. The molecular formula is C15H30N2O. The van der Waals surface area contributed by atoms with Gasteiger partial charge in [-0.05, 0) is 57.5 Å². The van der Waals surface area contributed by atoms with Gasteiger partial charge in [-0.1, -0.05) is 13.8 Å². The summed E-state index contributed by atoms with van der Waals surface area (Å²) in [7, 11) is 2.20. The average molecular weight is 254 g/mol. The molecule has 0 saturated heterocycles. The number of likely N-dealkylation sites (N-methyl/N-ethyl adjacent to an activating group) is 1. The Hall–Kier alpha value is -0.120. The van der Waals surface area contributed by atoms with Gasteiger partial charge in [-0.25, -0.2) is 0 Å². The minimum absolute atomic E-state index is 0.0209. The predicted octanol–water partition coefficient (Wildman–Crippen LogP) is 1.86. The lowest BCUT2D eigenvalue weighted by molar-refractivity contribution is 0.0972. The largest absolute Gasteiger partial charge is 0.394 e. The third-order valence-electron chi connectivity index (χ3n) is 4.35. The molecule has 1 atom stereocenters.